The fourth-order valence-electron chi connectivity index (χ4n) is 2.48. The van der Waals surface area contributed by atoms with E-state index in [1.807, 2.05) is 26.0 Å². The Hall–Kier alpha value is -1.35. The van der Waals surface area contributed by atoms with E-state index in [0.29, 0.717) is 0 Å². The van der Waals surface area contributed by atoms with Crippen LogP contribution in [-0.2, 0) is 16.8 Å². The Bertz CT molecular complexity index is 423. The van der Waals surface area contributed by atoms with Crippen molar-refractivity contribution in [1.82, 2.24) is 4.90 Å². The van der Waals surface area contributed by atoms with Crippen molar-refractivity contribution in [1.29, 1.82) is 0 Å². The summed E-state index contributed by atoms with van der Waals surface area (Å²) in [6, 6.07) is 8.18. The Labute approximate surface area is 116 Å². The number of aliphatic carboxylic acids is 1. The Morgan fingerprint density at radius 3 is 2.32 bits per heavy atom. The van der Waals surface area contributed by atoms with Gasteiger partial charge >= 0.3 is 5.97 Å². The molecule has 0 saturated heterocycles. The minimum Gasteiger partial charge on any atom is -0.481 e. The molecule has 0 aliphatic rings. The predicted molar refractivity (Wildman–Crippen MR) is 78.3 cm³/mol. The van der Waals surface area contributed by atoms with E-state index in [0.717, 1.165) is 25.2 Å². The second-order valence-electron chi connectivity index (χ2n) is 5.57. The number of carboxylic acids is 1. The van der Waals surface area contributed by atoms with Crippen LogP contribution in [0.25, 0.3) is 0 Å². The normalized spacial score (nSPS) is 11.8. The van der Waals surface area contributed by atoms with Crippen LogP contribution < -0.4 is 0 Å². The summed E-state index contributed by atoms with van der Waals surface area (Å²) in [6.07, 6.45) is 0.155. The Balaban J connectivity index is 3.04. The number of hydrogen-bond acceptors (Lipinski definition) is 2. The first-order valence-corrected chi connectivity index (χ1v) is 6.93. The van der Waals surface area contributed by atoms with Gasteiger partial charge in [-0.25, -0.2) is 0 Å². The number of nitrogens with zero attached hydrogens (tertiary/aromatic N) is 1. The number of hydrogen-bond donors (Lipinski definition) is 1. The highest BCUT2D eigenvalue weighted by Crippen LogP contribution is 2.30. The van der Waals surface area contributed by atoms with Crippen LogP contribution in [0.4, 0.5) is 0 Å². The van der Waals surface area contributed by atoms with E-state index in [1.165, 1.54) is 5.56 Å². The van der Waals surface area contributed by atoms with Gasteiger partial charge in [-0.05, 0) is 24.2 Å². The summed E-state index contributed by atoms with van der Waals surface area (Å²) in [5.74, 6) is -0.748. The number of carbonyl (C=O) groups is 1. The minimum atomic E-state index is -0.748. The first kappa shape index (κ1) is 15.7. The molecule has 3 nitrogen and oxygen atoms in total. The van der Waals surface area contributed by atoms with Crippen LogP contribution in [0.15, 0.2) is 24.3 Å². The van der Waals surface area contributed by atoms with Crippen LogP contribution in [-0.4, -0.2) is 29.1 Å². The van der Waals surface area contributed by atoms with E-state index in [1.54, 1.807) is 0 Å². The molecule has 0 aromatic heterocycles. The monoisotopic (exact) mass is 263 g/mol. The molecule has 0 spiro atoms. The van der Waals surface area contributed by atoms with Gasteiger partial charge in [0.1, 0.15) is 0 Å². The van der Waals surface area contributed by atoms with E-state index in [2.05, 4.69) is 30.9 Å². The van der Waals surface area contributed by atoms with Crippen molar-refractivity contribution in [2.45, 2.75) is 46.1 Å². The predicted octanol–water partition coefficient (Wildman–Crippen LogP) is 3.28. The highest BCUT2D eigenvalue weighted by atomic mass is 16.4. The van der Waals surface area contributed by atoms with E-state index in [-0.39, 0.29) is 11.8 Å². The van der Waals surface area contributed by atoms with Gasteiger partial charge in [-0.3, -0.25) is 9.69 Å². The highest BCUT2D eigenvalue weighted by molar-refractivity contribution is 5.69. The first-order chi connectivity index (χ1) is 8.90. The molecule has 0 fully saturated rings. The van der Waals surface area contributed by atoms with Gasteiger partial charge in [0.15, 0.2) is 0 Å². The third kappa shape index (κ3) is 4.35. The quantitative estimate of drug-likeness (QED) is 0.820. The van der Waals surface area contributed by atoms with Gasteiger partial charge in [-0.1, -0.05) is 52.0 Å². The molecule has 1 aromatic carbocycles. The third-order valence-corrected chi connectivity index (χ3v) is 3.63. The highest BCUT2D eigenvalue weighted by Gasteiger charge is 2.26. The molecule has 0 aliphatic carbocycles. The topological polar surface area (TPSA) is 40.5 Å². The molecular formula is C16H25NO2. The molecule has 3 heteroatoms. The van der Waals surface area contributed by atoms with Crippen LogP contribution >= 0.6 is 0 Å². The lowest BCUT2D eigenvalue weighted by Crippen LogP contribution is -2.27. The van der Waals surface area contributed by atoms with Crippen LogP contribution in [0.3, 0.4) is 0 Å². The average Bonchev–Trinajstić information content (AvgIpc) is 2.34. The van der Waals surface area contributed by atoms with Gasteiger partial charge in [-0.15, -0.1) is 0 Å². The zero-order valence-electron chi connectivity index (χ0n) is 12.4. The molecule has 19 heavy (non-hydrogen) atoms. The molecule has 0 saturated carbocycles. The average molecular weight is 263 g/mol. The van der Waals surface area contributed by atoms with E-state index < -0.39 is 5.97 Å². The molecule has 0 atom stereocenters. The summed E-state index contributed by atoms with van der Waals surface area (Å²) in [5, 5.41) is 9.07. The van der Waals surface area contributed by atoms with E-state index >= 15 is 0 Å². The van der Waals surface area contributed by atoms with Crippen molar-refractivity contribution >= 4 is 5.97 Å². The standard InChI is InChI=1S/C16H25NO2/c1-5-17(6-2)12-13-9-7-8-10-14(13)16(3,4)11-15(18)19/h7-10H,5-6,11-12H2,1-4H3,(H,18,19). The maximum absolute atomic E-state index is 11.0. The Kier molecular flexibility index (Phi) is 5.55. The summed E-state index contributed by atoms with van der Waals surface area (Å²) in [6.45, 7) is 11.2. The zero-order chi connectivity index (χ0) is 14.5. The summed E-state index contributed by atoms with van der Waals surface area (Å²) in [4.78, 5) is 13.4. The van der Waals surface area contributed by atoms with Crippen LogP contribution in [0, 0.1) is 0 Å². The van der Waals surface area contributed by atoms with Crippen molar-refractivity contribution in [3.63, 3.8) is 0 Å². The SMILES string of the molecule is CCN(CC)Cc1ccccc1C(C)(C)CC(=O)O. The molecule has 0 radical (unpaired) electrons. The fourth-order valence-corrected chi connectivity index (χ4v) is 2.48. The van der Waals surface area contributed by atoms with Crippen molar-refractivity contribution in [3.8, 4) is 0 Å². The Morgan fingerprint density at radius 1 is 1.21 bits per heavy atom. The van der Waals surface area contributed by atoms with E-state index in [4.69, 9.17) is 5.11 Å². The van der Waals surface area contributed by atoms with Crippen molar-refractivity contribution in [2.24, 2.45) is 0 Å². The van der Waals surface area contributed by atoms with Gasteiger partial charge in [0, 0.05) is 12.0 Å². The second-order valence-corrected chi connectivity index (χ2v) is 5.57. The summed E-state index contributed by atoms with van der Waals surface area (Å²) < 4.78 is 0. The maximum atomic E-state index is 11.0. The molecule has 0 heterocycles. The first-order valence-electron chi connectivity index (χ1n) is 6.93. The zero-order valence-corrected chi connectivity index (χ0v) is 12.4. The number of benzene rings is 1. The van der Waals surface area contributed by atoms with Crippen LogP contribution in [0.1, 0.15) is 45.2 Å². The van der Waals surface area contributed by atoms with Gasteiger partial charge in [0.25, 0.3) is 0 Å². The molecule has 0 unspecified atom stereocenters. The molecule has 0 amide bonds. The molecule has 106 valence electrons. The van der Waals surface area contributed by atoms with Crippen LogP contribution in [0.5, 0.6) is 0 Å². The van der Waals surface area contributed by atoms with Gasteiger partial charge in [-0.2, -0.15) is 0 Å². The molecule has 0 aliphatic heterocycles. The van der Waals surface area contributed by atoms with Gasteiger partial charge in [0.05, 0.1) is 6.42 Å². The van der Waals surface area contributed by atoms with Gasteiger partial charge in [0.2, 0.25) is 0 Å². The molecule has 1 N–H and O–H groups in total. The Morgan fingerprint density at radius 2 is 1.79 bits per heavy atom. The second kappa shape index (κ2) is 6.71. The molecule has 0 bridgehead atoms. The largest absolute Gasteiger partial charge is 0.481 e. The van der Waals surface area contributed by atoms with E-state index in [9.17, 15) is 4.79 Å². The van der Waals surface area contributed by atoms with Crippen molar-refractivity contribution in [3.05, 3.63) is 35.4 Å². The minimum absolute atomic E-state index is 0.155. The summed E-state index contributed by atoms with van der Waals surface area (Å²) in [5.41, 5.74) is 2.04. The molecular weight excluding hydrogens is 238 g/mol. The fraction of sp³-hybridized carbons (Fsp3) is 0.562. The van der Waals surface area contributed by atoms with Crippen molar-refractivity contribution in [2.75, 3.05) is 13.1 Å². The van der Waals surface area contributed by atoms with Gasteiger partial charge < -0.3 is 5.11 Å². The molecule has 1 aromatic rings. The number of carboxylic acid groups (broad SMARTS) is 1. The maximum Gasteiger partial charge on any atom is 0.304 e. The molecule has 1 rings (SSSR count). The smallest absolute Gasteiger partial charge is 0.304 e. The lowest BCUT2D eigenvalue weighted by molar-refractivity contribution is -0.138. The van der Waals surface area contributed by atoms with Crippen LogP contribution in [0.2, 0.25) is 0 Å². The van der Waals surface area contributed by atoms with Crippen molar-refractivity contribution < 1.29 is 9.90 Å². The third-order valence-electron chi connectivity index (χ3n) is 3.63. The summed E-state index contributed by atoms with van der Waals surface area (Å²) in [7, 11) is 0. The lowest BCUT2D eigenvalue weighted by Gasteiger charge is -2.28. The lowest BCUT2D eigenvalue weighted by atomic mass is 9.79. The summed E-state index contributed by atoms with van der Waals surface area (Å²) >= 11 is 0. The number of rotatable bonds is 7.